The predicted molar refractivity (Wildman–Crippen MR) is 56.4 cm³/mol. The third kappa shape index (κ3) is 1.96. The van der Waals surface area contributed by atoms with Crippen molar-refractivity contribution in [2.75, 3.05) is 6.61 Å². The first kappa shape index (κ1) is 10.0. The molecule has 1 heterocycles. The van der Waals surface area contributed by atoms with Crippen LogP contribution in [0, 0.1) is 6.92 Å². The SMILES string of the molecule is CCOC1=Cc2oc(=[OH+])cc(C)c2CC1. The van der Waals surface area contributed by atoms with Crippen LogP contribution in [0.2, 0.25) is 0 Å². The van der Waals surface area contributed by atoms with Crippen molar-refractivity contribution < 1.29 is 13.9 Å². The summed E-state index contributed by atoms with van der Waals surface area (Å²) in [5.41, 5.74) is 2.19. The Labute approximate surface area is 88.4 Å². The summed E-state index contributed by atoms with van der Waals surface area (Å²) in [6.07, 6.45) is 3.69. The van der Waals surface area contributed by atoms with Gasteiger partial charge in [0.15, 0.2) is 0 Å². The number of rotatable bonds is 2. The number of allylic oxidation sites excluding steroid dienone is 1. The fourth-order valence-electron chi connectivity index (χ4n) is 1.87. The Morgan fingerprint density at radius 3 is 3.00 bits per heavy atom. The molecule has 0 saturated carbocycles. The Hall–Kier alpha value is -1.51. The first-order valence-electron chi connectivity index (χ1n) is 5.19. The highest BCUT2D eigenvalue weighted by atomic mass is 16.5. The first-order chi connectivity index (χ1) is 7.20. The van der Waals surface area contributed by atoms with Crippen LogP contribution in [0.5, 0.6) is 0 Å². The summed E-state index contributed by atoms with van der Waals surface area (Å²) in [7, 11) is 0. The first-order valence-corrected chi connectivity index (χ1v) is 5.19. The van der Waals surface area contributed by atoms with Gasteiger partial charge in [-0.05, 0) is 25.8 Å². The zero-order valence-corrected chi connectivity index (χ0v) is 9.04. The summed E-state index contributed by atoms with van der Waals surface area (Å²) in [6.45, 7) is 4.60. The number of ether oxygens (including phenoxy) is 1. The second-order valence-electron chi connectivity index (χ2n) is 3.65. The molecule has 1 N–H and O–H groups in total. The monoisotopic (exact) mass is 207 g/mol. The van der Waals surface area contributed by atoms with Gasteiger partial charge in [0, 0.05) is 18.1 Å². The van der Waals surface area contributed by atoms with Crippen molar-refractivity contribution in [2.24, 2.45) is 0 Å². The van der Waals surface area contributed by atoms with E-state index in [9.17, 15) is 4.79 Å². The lowest BCUT2D eigenvalue weighted by Crippen LogP contribution is -2.10. The van der Waals surface area contributed by atoms with Crippen molar-refractivity contribution in [1.29, 1.82) is 0 Å². The van der Waals surface area contributed by atoms with Crippen LogP contribution < -0.4 is 5.63 Å². The van der Waals surface area contributed by atoms with Gasteiger partial charge in [-0.3, -0.25) is 4.42 Å². The summed E-state index contributed by atoms with van der Waals surface area (Å²) in [5, 5.41) is 0. The number of fused-ring (bicyclic) bond motifs is 1. The molecule has 1 aliphatic rings. The predicted octanol–water partition coefficient (Wildman–Crippen LogP) is 1.92. The molecule has 80 valence electrons. The van der Waals surface area contributed by atoms with Crippen molar-refractivity contribution in [1.82, 2.24) is 0 Å². The lowest BCUT2D eigenvalue weighted by Gasteiger charge is -2.13. The Kier molecular flexibility index (Phi) is 2.62. The Morgan fingerprint density at radius 2 is 2.27 bits per heavy atom. The van der Waals surface area contributed by atoms with Gasteiger partial charge in [-0.15, -0.1) is 0 Å². The van der Waals surface area contributed by atoms with Crippen LogP contribution in [0.3, 0.4) is 0 Å². The Bertz CT molecular complexity index is 454. The van der Waals surface area contributed by atoms with E-state index >= 15 is 0 Å². The molecule has 0 saturated heterocycles. The molecule has 0 aliphatic heterocycles. The highest BCUT2D eigenvalue weighted by Gasteiger charge is 2.20. The van der Waals surface area contributed by atoms with Gasteiger partial charge in [-0.25, -0.2) is 0 Å². The maximum atomic E-state index is 9.35. The van der Waals surface area contributed by atoms with Crippen molar-refractivity contribution in [3.63, 3.8) is 0 Å². The molecular weight excluding hydrogens is 192 g/mol. The number of hydrogen-bond donors (Lipinski definition) is 0. The van der Waals surface area contributed by atoms with E-state index in [1.54, 1.807) is 6.07 Å². The van der Waals surface area contributed by atoms with E-state index in [0.717, 1.165) is 35.5 Å². The summed E-state index contributed by atoms with van der Waals surface area (Å²) in [5.74, 6) is 1.65. The Morgan fingerprint density at radius 1 is 1.47 bits per heavy atom. The molecule has 0 bridgehead atoms. The molecule has 1 aromatic rings. The molecule has 0 aromatic carbocycles. The van der Waals surface area contributed by atoms with Crippen LogP contribution in [0.25, 0.3) is 6.08 Å². The van der Waals surface area contributed by atoms with Gasteiger partial charge >= 0.3 is 5.63 Å². The van der Waals surface area contributed by atoms with Crippen LogP contribution in [0.1, 0.15) is 30.2 Å². The summed E-state index contributed by atoms with van der Waals surface area (Å²) in [4.78, 5) is 9.35. The highest BCUT2D eigenvalue weighted by molar-refractivity contribution is 5.54. The van der Waals surface area contributed by atoms with Gasteiger partial charge in [0.05, 0.1) is 12.7 Å². The number of aryl methyl sites for hydroxylation is 1. The van der Waals surface area contributed by atoms with Crippen molar-refractivity contribution in [2.45, 2.75) is 26.7 Å². The molecule has 3 heteroatoms. The minimum atomic E-state index is -0.0414. The summed E-state index contributed by atoms with van der Waals surface area (Å²) in [6, 6.07) is 1.65. The molecule has 0 fully saturated rings. The molecule has 0 atom stereocenters. The highest BCUT2D eigenvalue weighted by Crippen LogP contribution is 2.25. The van der Waals surface area contributed by atoms with Gasteiger partial charge in [-0.2, -0.15) is 0 Å². The zero-order valence-electron chi connectivity index (χ0n) is 9.04. The molecule has 1 aromatic heterocycles. The van der Waals surface area contributed by atoms with E-state index in [2.05, 4.69) is 0 Å². The minimum Gasteiger partial charge on any atom is -0.498 e. The van der Waals surface area contributed by atoms with Crippen LogP contribution in [-0.2, 0) is 11.2 Å². The number of hydrogen-bond acceptors (Lipinski definition) is 2. The maximum absolute atomic E-state index is 9.35. The van der Waals surface area contributed by atoms with Crippen molar-refractivity contribution in [3.8, 4) is 0 Å². The Balaban J connectivity index is 2.45. The third-order valence-electron chi connectivity index (χ3n) is 2.57. The normalized spacial score (nSPS) is 14.4. The van der Waals surface area contributed by atoms with E-state index in [0.29, 0.717) is 6.61 Å². The lowest BCUT2D eigenvalue weighted by atomic mass is 9.98. The minimum absolute atomic E-state index is 0.0414. The van der Waals surface area contributed by atoms with E-state index in [1.807, 2.05) is 19.9 Å². The fourth-order valence-corrected chi connectivity index (χ4v) is 1.87. The maximum Gasteiger partial charge on any atom is 0.516 e. The molecule has 0 spiro atoms. The van der Waals surface area contributed by atoms with Crippen LogP contribution in [-0.4, -0.2) is 11.4 Å². The third-order valence-corrected chi connectivity index (χ3v) is 2.57. The molecule has 0 radical (unpaired) electrons. The van der Waals surface area contributed by atoms with E-state index in [1.165, 1.54) is 0 Å². The largest absolute Gasteiger partial charge is 0.516 e. The average molecular weight is 207 g/mol. The van der Waals surface area contributed by atoms with Crippen LogP contribution in [0.15, 0.2) is 16.2 Å². The van der Waals surface area contributed by atoms with E-state index < -0.39 is 0 Å². The smallest absolute Gasteiger partial charge is 0.498 e. The summed E-state index contributed by atoms with van der Waals surface area (Å²) < 4.78 is 10.7. The molecule has 3 nitrogen and oxygen atoms in total. The van der Waals surface area contributed by atoms with Crippen LogP contribution >= 0.6 is 0 Å². The molecule has 15 heavy (non-hydrogen) atoms. The van der Waals surface area contributed by atoms with Crippen molar-refractivity contribution >= 4 is 6.08 Å². The molecule has 2 rings (SSSR count). The van der Waals surface area contributed by atoms with Gasteiger partial charge in [0.2, 0.25) is 0 Å². The topological polar surface area (TPSA) is 43.8 Å². The average Bonchev–Trinajstić information content (AvgIpc) is 2.17. The van der Waals surface area contributed by atoms with Gasteiger partial charge in [-0.1, -0.05) is 0 Å². The van der Waals surface area contributed by atoms with E-state index in [-0.39, 0.29) is 5.63 Å². The second-order valence-corrected chi connectivity index (χ2v) is 3.65. The van der Waals surface area contributed by atoms with Crippen molar-refractivity contribution in [3.05, 3.63) is 34.3 Å². The second kappa shape index (κ2) is 3.93. The zero-order chi connectivity index (χ0) is 10.8. The quantitative estimate of drug-likeness (QED) is 0.695. The van der Waals surface area contributed by atoms with Gasteiger partial charge in [0.1, 0.15) is 5.76 Å². The molecule has 0 amide bonds. The summed E-state index contributed by atoms with van der Waals surface area (Å²) >= 11 is 0. The fraction of sp³-hybridized carbons (Fsp3) is 0.417. The molecule has 1 aliphatic carbocycles. The molecular formula is C12H15O3+. The van der Waals surface area contributed by atoms with Crippen LogP contribution in [0.4, 0.5) is 0 Å². The van der Waals surface area contributed by atoms with Gasteiger partial charge in [0.25, 0.3) is 5.76 Å². The standard InChI is InChI=1S/C12H14O3/c1-3-14-9-4-5-10-8(2)6-12(13)15-11(10)7-9/h6-7H,3-5H2,1-2H3/p+1. The lowest BCUT2D eigenvalue weighted by molar-refractivity contribution is 0.219. The van der Waals surface area contributed by atoms with Gasteiger partial charge < -0.3 is 9.53 Å². The van der Waals surface area contributed by atoms with E-state index in [4.69, 9.17) is 9.15 Å². The molecule has 0 unspecified atom stereocenters.